The topological polar surface area (TPSA) is 73.2 Å². The van der Waals surface area contributed by atoms with Crippen molar-refractivity contribution in [3.8, 4) is 11.6 Å². The van der Waals surface area contributed by atoms with Gasteiger partial charge in [-0.05, 0) is 48.4 Å². The van der Waals surface area contributed by atoms with E-state index in [-0.39, 0.29) is 0 Å². The molecule has 1 fully saturated rings. The standard InChI is InChI=1S/C24H24ClN5O2/c1-15-9-16(3-7-22(15)32-23-8-4-17(25)12-26-23)11-27-24-29-20-6-5-18(10-21(20)30(24)2)28-19-13-31-14-19/h3-10,12,19,28H,11,13-14H2,1-2H3,(H,27,29). The van der Waals surface area contributed by atoms with Gasteiger partial charge in [0.25, 0.3) is 0 Å². The van der Waals surface area contributed by atoms with Crippen molar-refractivity contribution in [1.82, 2.24) is 14.5 Å². The van der Waals surface area contributed by atoms with Crippen LogP contribution in [-0.4, -0.2) is 33.8 Å². The van der Waals surface area contributed by atoms with Gasteiger partial charge in [-0.2, -0.15) is 0 Å². The molecule has 1 aliphatic heterocycles. The molecule has 0 spiro atoms. The van der Waals surface area contributed by atoms with E-state index in [1.807, 2.05) is 32.2 Å². The lowest BCUT2D eigenvalue weighted by atomic mass is 10.1. The Kier molecular flexibility index (Phi) is 5.59. The van der Waals surface area contributed by atoms with Crippen LogP contribution >= 0.6 is 11.6 Å². The molecule has 7 nitrogen and oxygen atoms in total. The summed E-state index contributed by atoms with van der Waals surface area (Å²) in [5, 5.41) is 7.52. The van der Waals surface area contributed by atoms with E-state index in [2.05, 4.69) is 38.4 Å². The second kappa shape index (κ2) is 8.68. The third kappa shape index (κ3) is 4.35. The third-order valence-electron chi connectivity index (χ3n) is 5.49. The zero-order chi connectivity index (χ0) is 22.1. The van der Waals surface area contributed by atoms with Gasteiger partial charge in [0.1, 0.15) is 5.75 Å². The number of nitrogens with zero attached hydrogens (tertiary/aromatic N) is 3. The first-order chi connectivity index (χ1) is 15.5. The summed E-state index contributed by atoms with van der Waals surface area (Å²) in [4.78, 5) is 8.93. The van der Waals surface area contributed by atoms with E-state index in [1.165, 1.54) is 0 Å². The smallest absolute Gasteiger partial charge is 0.219 e. The molecule has 5 rings (SSSR count). The van der Waals surface area contributed by atoms with Gasteiger partial charge < -0.3 is 24.7 Å². The summed E-state index contributed by atoms with van der Waals surface area (Å²) >= 11 is 5.89. The Morgan fingerprint density at radius 2 is 2.03 bits per heavy atom. The Bertz CT molecular complexity index is 1250. The molecule has 0 aliphatic carbocycles. The predicted molar refractivity (Wildman–Crippen MR) is 127 cm³/mol. The molecular weight excluding hydrogens is 426 g/mol. The fraction of sp³-hybridized carbons (Fsp3) is 0.250. The number of anilines is 2. The van der Waals surface area contributed by atoms with Crippen molar-refractivity contribution >= 4 is 34.3 Å². The first-order valence-electron chi connectivity index (χ1n) is 10.5. The number of imidazole rings is 1. The summed E-state index contributed by atoms with van der Waals surface area (Å²) in [6, 6.07) is 16.2. The Balaban J connectivity index is 1.27. The van der Waals surface area contributed by atoms with Gasteiger partial charge in [-0.3, -0.25) is 0 Å². The van der Waals surface area contributed by atoms with Gasteiger partial charge in [-0.15, -0.1) is 0 Å². The van der Waals surface area contributed by atoms with Gasteiger partial charge in [-0.1, -0.05) is 23.7 Å². The second-order valence-electron chi connectivity index (χ2n) is 7.95. The molecule has 0 saturated carbocycles. The lowest BCUT2D eigenvalue weighted by molar-refractivity contribution is 0.0211. The number of ether oxygens (including phenoxy) is 2. The van der Waals surface area contributed by atoms with Crippen molar-refractivity contribution in [1.29, 1.82) is 0 Å². The zero-order valence-electron chi connectivity index (χ0n) is 17.9. The Morgan fingerprint density at radius 3 is 2.75 bits per heavy atom. The lowest BCUT2D eigenvalue weighted by Crippen LogP contribution is -2.40. The summed E-state index contributed by atoms with van der Waals surface area (Å²) in [6.45, 7) is 4.19. The molecule has 4 aromatic rings. The summed E-state index contributed by atoms with van der Waals surface area (Å²) < 4.78 is 13.2. The molecule has 2 aromatic heterocycles. The normalized spacial score (nSPS) is 13.7. The summed E-state index contributed by atoms with van der Waals surface area (Å²) in [5.41, 5.74) is 5.29. The van der Waals surface area contributed by atoms with Crippen LogP contribution in [0.1, 0.15) is 11.1 Å². The Hall–Kier alpha value is -3.29. The number of pyridine rings is 1. The van der Waals surface area contributed by atoms with E-state index in [4.69, 9.17) is 26.1 Å². The van der Waals surface area contributed by atoms with Gasteiger partial charge in [0.15, 0.2) is 0 Å². The van der Waals surface area contributed by atoms with Crippen LogP contribution < -0.4 is 15.4 Å². The first kappa shape index (κ1) is 20.6. The molecule has 1 aliphatic rings. The van der Waals surface area contributed by atoms with Crippen LogP contribution in [0, 0.1) is 6.92 Å². The molecule has 32 heavy (non-hydrogen) atoms. The highest BCUT2D eigenvalue weighted by atomic mass is 35.5. The van der Waals surface area contributed by atoms with Crippen molar-refractivity contribution in [2.24, 2.45) is 7.05 Å². The van der Waals surface area contributed by atoms with Gasteiger partial charge in [-0.25, -0.2) is 9.97 Å². The molecule has 2 N–H and O–H groups in total. The third-order valence-corrected chi connectivity index (χ3v) is 5.72. The van der Waals surface area contributed by atoms with Gasteiger partial charge in [0.05, 0.1) is 35.3 Å². The Morgan fingerprint density at radius 1 is 1.16 bits per heavy atom. The number of aryl methyl sites for hydroxylation is 2. The van der Waals surface area contributed by atoms with Crippen molar-refractivity contribution in [3.63, 3.8) is 0 Å². The van der Waals surface area contributed by atoms with E-state index in [0.29, 0.717) is 23.5 Å². The average Bonchev–Trinajstić information content (AvgIpc) is 3.08. The molecule has 164 valence electrons. The van der Waals surface area contributed by atoms with Gasteiger partial charge in [0.2, 0.25) is 11.8 Å². The summed E-state index contributed by atoms with van der Waals surface area (Å²) in [5.74, 6) is 2.11. The molecular formula is C24H24ClN5O2. The van der Waals surface area contributed by atoms with E-state index >= 15 is 0 Å². The fourth-order valence-corrected chi connectivity index (χ4v) is 3.76. The number of nitrogens with one attached hydrogen (secondary N) is 2. The van der Waals surface area contributed by atoms with E-state index in [0.717, 1.165) is 52.8 Å². The van der Waals surface area contributed by atoms with Crippen LogP contribution in [0.5, 0.6) is 11.6 Å². The predicted octanol–water partition coefficient (Wildman–Crippen LogP) is 5.15. The molecule has 0 radical (unpaired) electrons. The van der Waals surface area contributed by atoms with Crippen molar-refractivity contribution < 1.29 is 9.47 Å². The van der Waals surface area contributed by atoms with E-state index in [9.17, 15) is 0 Å². The molecule has 1 saturated heterocycles. The summed E-state index contributed by atoms with van der Waals surface area (Å²) in [6.07, 6.45) is 1.57. The highest BCUT2D eigenvalue weighted by molar-refractivity contribution is 6.30. The quantitative estimate of drug-likeness (QED) is 0.406. The van der Waals surface area contributed by atoms with Crippen molar-refractivity contribution in [2.45, 2.75) is 19.5 Å². The molecule has 8 heteroatoms. The molecule has 0 atom stereocenters. The van der Waals surface area contributed by atoms with Gasteiger partial charge in [0, 0.05) is 31.5 Å². The molecule has 0 unspecified atom stereocenters. The second-order valence-corrected chi connectivity index (χ2v) is 8.38. The van der Waals surface area contributed by atoms with Crippen LogP contribution in [0.3, 0.4) is 0 Å². The highest BCUT2D eigenvalue weighted by Gasteiger charge is 2.18. The number of rotatable bonds is 7. The number of halogens is 1. The minimum Gasteiger partial charge on any atom is -0.439 e. The molecule has 0 bridgehead atoms. The highest BCUT2D eigenvalue weighted by Crippen LogP contribution is 2.27. The van der Waals surface area contributed by atoms with E-state index < -0.39 is 0 Å². The lowest BCUT2D eigenvalue weighted by Gasteiger charge is -2.27. The monoisotopic (exact) mass is 449 g/mol. The maximum absolute atomic E-state index is 5.89. The van der Waals surface area contributed by atoms with Gasteiger partial charge >= 0.3 is 0 Å². The largest absolute Gasteiger partial charge is 0.439 e. The van der Waals surface area contributed by atoms with Crippen molar-refractivity contribution in [2.75, 3.05) is 23.8 Å². The average molecular weight is 450 g/mol. The molecule has 2 aromatic carbocycles. The number of benzene rings is 2. The first-order valence-corrected chi connectivity index (χ1v) is 10.9. The van der Waals surface area contributed by atoms with Crippen molar-refractivity contribution in [3.05, 3.63) is 70.9 Å². The maximum Gasteiger partial charge on any atom is 0.219 e. The van der Waals surface area contributed by atoms with Crippen LogP contribution in [0.2, 0.25) is 5.02 Å². The maximum atomic E-state index is 5.89. The van der Waals surface area contributed by atoms with E-state index in [1.54, 1.807) is 18.3 Å². The van der Waals surface area contributed by atoms with Crippen LogP contribution in [-0.2, 0) is 18.3 Å². The fourth-order valence-electron chi connectivity index (χ4n) is 3.64. The number of fused-ring (bicyclic) bond motifs is 1. The minimum absolute atomic E-state index is 0.393. The molecule has 3 heterocycles. The number of aromatic nitrogens is 3. The SMILES string of the molecule is Cc1cc(CNc2nc3ccc(NC4COC4)cc3n2C)ccc1Oc1ccc(Cl)cn1. The summed E-state index contributed by atoms with van der Waals surface area (Å²) in [7, 11) is 2.02. The van der Waals surface area contributed by atoms with Crippen LogP contribution in [0.15, 0.2) is 54.7 Å². The van der Waals surface area contributed by atoms with Crippen LogP contribution in [0.25, 0.3) is 11.0 Å². The van der Waals surface area contributed by atoms with Crippen LogP contribution in [0.4, 0.5) is 11.6 Å². The Labute approximate surface area is 191 Å². The number of hydrogen-bond donors (Lipinski definition) is 2. The zero-order valence-corrected chi connectivity index (χ0v) is 18.7. The minimum atomic E-state index is 0.393. The number of hydrogen-bond acceptors (Lipinski definition) is 6. The molecule has 0 amide bonds.